The van der Waals surface area contributed by atoms with E-state index in [2.05, 4.69) is 3.07 Å². The van der Waals surface area contributed by atoms with E-state index in [1.807, 2.05) is 0 Å². The van der Waals surface area contributed by atoms with Gasteiger partial charge in [-0.1, -0.05) is 0 Å². The highest BCUT2D eigenvalue weighted by Crippen LogP contribution is 2.35. The zero-order valence-electron chi connectivity index (χ0n) is 6.03. The first-order chi connectivity index (χ1) is 6.07. The number of aromatic hydroxyl groups is 1. The summed E-state index contributed by atoms with van der Waals surface area (Å²) in [5.74, 6) is -2.40. The molecular weight excluding hydrogens is 296 g/mol. The minimum atomic E-state index is -1.14. The van der Waals surface area contributed by atoms with E-state index in [-0.39, 0.29) is 0 Å². The van der Waals surface area contributed by atoms with Gasteiger partial charge in [-0.2, -0.15) is 4.39 Å². The van der Waals surface area contributed by atoms with E-state index in [4.69, 9.17) is 5.11 Å². The van der Waals surface area contributed by atoms with Crippen molar-refractivity contribution >= 4 is 28.7 Å². The molecule has 70 valence electrons. The first-order valence-corrected chi connectivity index (χ1v) is 3.90. The Hall–Kier alpha value is -1.12. The molecular formula is C6H3FINO4. The summed E-state index contributed by atoms with van der Waals surface area (Å²) < 4.78 is 17.4. The van der Waals surface area contributed by atoms with Crippen molar-refractivity contribution in [2.75, 3.05) is 0 Å². The third-order valence-electron chi connectivity index (χ3n) is 1.33. The summed E-state index contributed by atoms with van der Waals surface area (Å²) in [5, 5.41) is 19.2. The van der Waals surface area contributed by atoms with E-state index in [0.29, 0.717) is 0 Å². The number of benzene rings is 1. The largest absolute Gasteiger partial charge is 0.505 e. The van der Waals surface area contributed by atoms with Crippen molar-refractivity contribution in [1.82, 2.24) is 0 Å². The van der Waals surface area contributed by atoms with Gasteiger partial charge >= 0.3 is 5.69 Å². The van der Waals surface area contributed by atoms with Crippen LogP contribution in [0.1, 0.15) is 0 Å². The highest BCUT2D eigenvalue weighted by Gasteiger charge is 2.22. The number of phenols is 1. The molecule has 1 aromatic rings. The quantitative estimate of drug-likeness (QED) is 0.516. The van der Waals surface area contributed by atoms with Crippen molar-refractivity contribution in [2.45, 2.75) is 0 Å². The van der Waals surface area contributed by atoms with Gasteiger partial charge in [-0.3, -0.25) is 10.1 Å². The number of hydrogen-bond acceptors (Lipinski definition) is 4. The molecule has 0 amide bonds. The molecule has 13 heavy (non-hydrogen) atoms. The Morgan fingerprint density at radius 1 is 1.62 bits per heavy atom. The Morgan fingerprint density at radius 2 is 2.23 bits per heavy atom. The lowest BCUT2D eigenvalue weighted by Crippen LogP contribution is -1.93. The summed E-state index contributed by atoms with van der Waals surface area (Å²) in [4.78, 5) is 9.52. The van der Waals surface area contributed by atoms with Crippen LogP contribution in [0.25, 0.3) is 0 Å². The SMILES string of the molecule is O=[N+]([O-])c1ccc(O)c(F)c1OI. The van der Waals surface area contributed by atoms with Gasteiger partial charge in [0.15, 0.2) is 28.8 Å². The number of hydrogen-bond donors (Lipinski definition) is 1. The fourth-order valence-corrected chi connectivity index (χ4v) is 1.17. The van der Waals surface area contributed by atoms with Gasteiger partial charge in [-0.25, -0.2) is 0 Å². The Balaban J connectivity index is 3.38. The van der Waals surface area contributed by atoms with Crippen LogP contribution in [0.2, 0.25) is 0 Å². The molecule has 0 bridgehead atoms. The van der Waals surface area contributed by atoms with Crippen LogP contribution in [0.5, 0.6) is 11.5 Å². The Morgan fingerprint density at radius 3 is 2.69 bits per heavy atom. The van der Waals surface area contributed by atoms with Gasteiger partial charge in [0.1, 0.15) is 0 Å². The number of rotatable bonds is 2. The summed E-state index contributed by atoms with van der Waals surface area (Å²) in [6, 6.07) is 1.86. The van der Waals surface area contributed by atoms with Gasteiger partial charge in [0.05, 0.1) is 4.92 Å². The van der Waals surface area contributed by atoms with Gasteiger partial charge in [-0.05, 0) is 6.07 Å². The van der Waals surface area contributed by atoms with E-state index < -0.39 is 27.9 Å². The predicted molar refractivity (Wildman–Crippen MR) is 49.4 cm³/mol. The third-order valence-corrected chi connectivity index (χ3v) is 1.77. The van der Waals surface area contributed by atoms with Crippen LogP contribution < -0.4 is 3.07 Å². The molecule has 0 fully saturated rings. The molecule has 0 aromatic heterocycles. The minimum Gasteiger partial charge on any atom is -0.505 e. The van der Waals surface area contributed by atoms with E-state index in [1.165, 1.54) is 23.0 Å². The van der Waals surface area contributed by atoms with Gasteiger partial charge in [0.2, 0.25) is 11.6 Å². The highest BCUT2D eigenvalue weighted by molar-refractivity contribution is 14.1. The average Bonchev–Trinajstić information content (AvgIpc) is 2.09. The molecule has 0 aliphatic rings. The van der Waals surface area contributed by atoms with Crippen molar-refractivity contribution in [3.63, 3.8) is 0 Å². The molecule has 5 nitrogen and oxygen atoms in total. The van der Waals surface area contributed by atoms with Gasteiger partial charge in [0, 0.05) is 6.07 Å². The van der Waals surface area contributed by atoms with Crippen LogP contribution in [0, 0.1) is 15.9 Å². The second-order valence-electron chi connectivity index (χ2n) is 2.08. The van der Waals surface area contributed by atoms with Crippen LogP contribution in [0.3, 0.4) is 0 Å². The summed E-state index contributed by atoms with van der Waals surface area (Å²) in [6.45, 7) is 0. The molecule has 0 saturated heterocycles. The zero-order chi connectivity index (χ0) is 10.0. The first kappa shape index (κ1) is 9.96. The van der Waals surface area contributed by atoms with E-state index >= 15 is 0 Å². The van der Waals surface area contributed by atoms with Crippen molar-refractivity contribution in [3.05, 3.63) is 28.1 Å². The van der Waals surface area contributed by atoms with Crippen LogP contribution in [-0.2, 0) is 0 Å². The van der Waals surface area contributed by atoms with Crippen LogP contribution >= 0.6 is 23.0 Å². The molecule has 1 rings (SSSR count). The molecule has 0 unspecified atom stereocenters. The fourth-order valence-electron chi connectivity index (χ4n) is 0.753. The third kappa shape index (κ3) is 1.79. The second-order valence-corrected chi connectivity index (χ2v) is 2.52. The lowest BCUT2D eigenvalue weighted by atomic mass is 10.2. The van der Waals surface area contributed by atoms with Crippen LogP contribution in [-0.4, -0.2) is 10.0 Å². The maximum absolute atomic E-state index is 12.9. The summed E-state index contributed by atoms with van der Waals surface area (Å²) in [5.41, 5.74) is -0.523. The van der Waals surface area contributed by atoms with Crippen molar-refractivity contribution in [2.24, 2.45) is 0 Å². The standard InChI is InChI=1S/C6H3FINO4/c7-5-4(10)2-1-3(9(11)12)6(5)13-8/h1-2,10H. The van der Waals surface area contributed by atoms with Crippen molar-refractivity contribution < 1.29 is 17.5 Å². The average molecular weight is 299 g/mol. The molecule has 0 aliphatic carbocycles. The molecule has 7 heteroatoms. The zero-order valence-corrected chi connectivity index (χ0v) is 8.19. The molecule has 0 heterocycles. The predicted octanol–water partition coefficient (Wildman–Crippen LogP) is 2.17. The maximum atomic E-state index is 12.9. The molecule has 1 N–H and O–H groups in total. The fraction of sp³-hybridized carbons (Fsp3) is 0. The minimum absolute atomic E-state index is 0.523. The summed E-state index contributed by atoms with van der Waals surface area (Å²) in [7, 11) is 0. The molecule has 0 radical (unpaired) electrons. The number of phenolic OH excluding ortho intramolecular Hbond substituents is 1. The molecule has 0 spiro atoms. The molecule has 0 saturated carbocycles. The number of nitrogens with zero attached hydrogens (tertiary/aromatic N) is 1. The molecule has 1 aromatic carbocycles. The highest BCUT2D eigenvalue weighted by atomic mass is 127. The Kier molecular flexibility index (Phi) is 2.86. The molecule has 0 aliphatic heterocycles. The van der Waals surface area contributed by atoms with E-state index in [0.717, 1.165) is 12.1 Å². The maximum Gasteiger partial charge on any atom is 0.315 e. The second kappa shape index (κ2) is 3.73. The first-order valence-electron chi connectivity index (χ1n) is 3.02. The number of halogens is 2. The Bertz CT molecular complexity index is 357. The van der Waals surface area contributed by atoms with Gasteiger partial charge in [-0.15, -0.1) is 0 Å². The van der Waals surface area contributed by atoms with Gasteiger partial charge in [0.25, 0.3) is 0 Å². The van der Waals surface area contributed by atoms with E-state index in [1.54, 1.807) is 0 Å². The number of nitro benzene ring substituents is 1. The lowest BCUT2D eigenvalue weighted by Gasteiger charge is -2.01. The Labute approximate surface area is 86.0 Å². The van der Waals surface area contributed by atoms with Crippen molar-refractivity contribution in [3.8, 4) is 11.5 Å². The normalized spacial score (nSPS) is 9.69. The number of nitro groups is 1. The lowest BCUT2D eigenvalue weighted by molar-refractivity contribution is -0.385. The van der Waals surface area contributed by atoms with Crippen LogP contribution in [0.4, 0.5) is 10.1 Å². The van der Waals surface area contributed by atoms with E-state index in [9.17, 15) is 14.5 Å². The smallest absolute Gasteiger partial charge is 0.315 e. The monoisotopic (exact) mass is 299 g/mol. The molecule has 0 atom stereocenters. The van der Waals surface area contributed by atoms with Crippen LogP contribution in [0.15, 0.2) is 12.1 Å². The topological polar surface area (TPSA) is 72.6 Å². The van der Waals surface area contributed by atoms with Gasteiger partial charge < -0.3 is 8.17 Å². The van der Waals surface area contributed by atoms with Crippen molar-refractivity contribution in [1.29, 1.82) is 0 Å². The summed E-state index contributed by atoms with van der Waals surface area (Å²) in [6.07, 6.45) is 0. The summed E-state index contributed by atoms with van der Waals surface area (Å²) >= 11 is 1.30.